The van der Waals surface area contributed by atoms with Crippen LogP contribution in [0.1, 0.15) is 36.8 Å². The van der Waals surface area contributed by atoms with Gasteiger partial charge in [-0.15, -0.1) is 6.58 Å². The molecule has 7 nitrogen and oxygen atoms in total. The summed E-state index contributed by atoms with van der Waals surface area (Å²) < 4.78 is 52.1. The summed E-state index contributed by atoms with van der Waals surface area (Å²) >= 11 is 0. The average Bonchev–Trinajstić information content (AvgIpc) is 3.40. The molecule has 1 heterocycles. The molecular weight excluding hydrogens is 466 g/mol. The Morgan fingerprint density at radius 3 is 1.94 bits per heavy atom. The maximum Gasteiger partial charge on any atom is 0.220 e. The highest BCUT2D eigenvalue weighted by atomic mass is 32.2. The van der Waals surface area contributed by atoms with Crippen LogP contribution in [0.15, 0.2) is 61.2 Å². The second kappa shape index (κ2) is 13.1. The minimum Gasteiger partial charge on any atom is -0.497 e. The zero-order valence-corrected chi connectivity index (χ0v) is 21.7. The minimum atomic E-state index is -3.79. The van der Waals surface area contributed by atoms with Gasteiger partial charge in [0.25, 0.3) is 0 Å². The number of ether oxygens (including phenoxy) is 4. The Morgan fingerprint density at radius 1 is 1.00 bits per heavy atom. The first-order valence-electron chi connectivity index (χ1n) is 11.9. The summed E-state index contributed by atoms with van der Waals surface area (Å²) in [6.07, 6.45) is 3.72. The van der Waals surface area contributed by atoms with Gasteiger partial charge in [0.15, 0.2) is 0 Å². The SMILES string of the molecule is C=CC[C@H](OC)[C@@H](C[C@H]1CCCO1)S(=O)(=O)N(Cc1ccc(OC)cc1)Cc1ccc(OC)cc1. The molecule has 1 aliphatic heterocycles. The lowest BCUT2D eigenvalue weighted by molar-refractivity contribution is 0.0617. The number of hydrogen-bond donors (Lipinski definition) is 0. The van der Waals surface area contributed by atoms with Gasteiger partial charge in [0.1, 0.15) is 16.7 Å². The molecule has 8 heteroatoms. The molecule has 0 amide bonds. The molecule has 0 spiro atoms. The summed E-state index contributed by atoms with van der Waals surface area (Å²) in [5.41, 5.74) is 1.74. The fourth-order valence-corrected chi connectivity index (χ4v) is 6.52. The first kappa shape index (κ1) is 27.2. The Hall–Kier alpha value is -2.39. The maximum absolute atomic E-state index is 14.3. The van der Waals surface area contributed by atoms with E-state index < -0.39 is 21.4 Å². The molecule has 0 radical (unpaired) electrons. The summed E-state index contributed by atoms with van der Waals surface area (Å²) in [7, 11) is 0.979. The van der Waals surface area contributed by atoms with Gasteiger partial charge in [-0.25, -0.2) is 8.42 Å². The molecule has 1 saturated heterocycles. The van der Waals surface area contributed by atoms with Crippen molar-refractivity contribution in [2.24, 2.45) is 0 Å². The topological polar surface area (TPSA) is 74.3 Å². The van der Waals surface area contributed by atoms with Gasteiger partial charge in [0, 0.05) is 26.8 Å². The van der Waals surface area contributed by atoms with E-state index >= 15 is 0 Å². The van der Waals surface area contributed by atoms with Crippen molar-refractivity contribution in [1.29, 1.82) is 0 Å². The molecule has 35 heavy (non-hydrogen) atoms. The normalized spacial score (nSPS) is 17.8. The van der Waals surface area contributed by atoms with Gasteiger partial charge in [-0.3, -0.25) is 0 Å². The summed E-state index contributed by atoms with van der Waals surface area (Å²) in [4.78, 5) is 0. The van der Waals surface area contributed by atoms with Crippen molar-refractivity contribution in [2.45, 2.75) is 56.2 Å². The quantitative estimate of drug-likeness (QED) is 0.352. The van der Waals surface area contributed by atoms with E-state index in [1.165, 1.54) is 0 Å². The molecular formula is C27H37NO6S. The summed E-state index contributed by atoms with van der Waals surface area (Å²) in [6.45, 7) is 4.93. The van der Waals surface area contributed by atoms with E-state index in [0.717, 1.165) is 35.5 Å². The molecule has 0 saturated carbocycles. The predicted molar refractivity (Wildman–Crippen MR) is 137 cm³/mol. The molecule has 2 aromatic carbocycles. The van der Waals surface area contributed by atoms with E-state index in [4.69, 9.17) is 18.9 Å². The predicted octanol–water partition coefficient (Wildman–Crippen LogP) is 4.56. The molecule has 3 atom stereocenters. The highest BCUT2D eigenvalue weighted by molar-refractivity contribution is 7.89. The highest BCUT2D eigenvalue weighted by Crippen LogP contribution is 2.29. The van der Waals surface area contributed by atoms with Crippen LogP contribution < -0.4 is 9.47 Å². The number of benzene rings is 2. The van der Waals surface area contributed by atoms with Crippen LogP contribution in [0.4, 0.5) is 0 Å². The van der Waals surface area contributed by atoms with E-state index in [1.54, 1.807) is 31.7 Å². The van der Waals surface area contributed by atoms with E-state index in [-0.39, 0.29) is 19.2 Å². The van der Waals surface area contributed by atoms with E-state index in [2.05, 4.69) is 6.58 Å². The Bertz CT molecular complexity index is 967. The van der Waals surface area contributed by atoms with Gasteiger partial charge in [-0.1, -0.05) is 30.3 Å². The van der Waals surface area contributed by atoms with E-state index in [1.807, 2.05) is 48.5 Å². The smallest absolute Gasteiger partial charge is 0.220 e. The van der Waals surface area contributed by atoms with Gasteiger partial charge >= 0.3 is 0 Å². The van der Waals surface area contributed by atoms with Crippen molar-refractivity contribution in [2.75, 3.05) is 27.9 Å². The Kier molecular flexibility index (Phi) is 10.2. The van der Waals surface area contributed by atoms with E-state index in [0.29, 0.717) is 19.4 Å². The van der Waals surface area contributed by atoms with Crippen LogP contribution in [0, 0.1) is 0 Å². The summed E-state index contributed by atoms with van der Waals surface area (Å²) in [5.74, 6) is 1.44. The van der Waals surface area contributed by atoms with Crippen molar-refractivity contribution < 1.29 is 27.4 Å². The van der Waals surface area contributed by atoms with Crippen molar-refractivity contribution in [3.63, 3.8) is 0 Å². The fourth-order valence-electron chi connectivity index (χ4n) is 4.42. The lowest BCUT2D eigenvalue weighted by atomic mass is 10.0. The Morgan fingerprint density at radius 2 is 1.54 bits per heavy atom. The number of hydrogen-bond acceptors (Lipinski definition) is 6. The zero-order valence-electron chi connectivity index (χ0n) is 20.9. The standard InChI is InChI=1S/C27H37NO6S/c1-5-7-26(33-4)27(18-25-8-6-17-34-25)35(29,30)28(19-21-9-13-23(31-2)14-10-21)20-22-11-15-24(32-3)16-12-22/h5,9-16,25-27H,1,6-8,17-20H2,2-4H3/t25-,26+,27-/m1/s1. The monoisotopic (exact) mass is 503 g/mol. The van der Waals surface area contributed by atoms with Crippen molar-refractivity contribution in [3.8, 4) is 11.5 Å². The second-order valence-electron chi connectivity index (χ2n) is 8.72. The molecule has 2 aromatic rings. The van der Waals surface area contributed by atoms with Crippen LogP contribution in [-0.4, -0.2) is 58.1 Å². The first-order chi connectivity index (χ1) is 16.9. The highest BCUT2D eigenvalue weighted by Gasteiger charge is 2.40. The minimum absolute atomic E-state index is 0.0962. The molecule has 0 bridgehead atoms. The molecule has 0 aromatic heterocycles. The largest absolute Gasteiger partial charge is 0.497 e. The molecule has 1 aliphatic rings. The number of methoxy groups -OCH3 is 3. The Labute approximate surface area is 209 Å². The lowest BCUT2D eigenvalue weighted by Gasteiger charge is -2.33. The van der Waals surface area contributed by atoms with Gasteiger partial charge in [-0.2, -0.15) is 4.31 Å². The number of nitrogens with zero attached hydrogens (tertiary/aromatic N) is 1. The van der Waals surface area contributed by atoms with Crippen LogP contribution in [0.3, 0.4) is 0 Å². The third-order valence-electron chi connectivity index (χ3n) is 6.41. The van der Waals surface area contributed by atoms with Crippen molar-refractivity contribution >= 4 is 10.0 Å². The third-order valence-corrected chi connectivity index (χ3v) is 8.65. The molecule has 0 N–H and O–H groups in total. The van der Waals surface area contributed by atoms with E-state index in [9.17, 15) is 8.42 Å². The van der Waals surface area contributed by atoms with Crippen LogP contribution in [-0.2, 0) is 32.6 Å². The summed E-state index contributed by atoms with van der Waals surface area (Å²) in [5, 5.41) is -0.759. The van der Waals surface area contributed by atoms with Crippen molar-refractivity contribution in [3.05, 3.63) is 72.3 Å². The lowest BCUT2D eigenvalue weighted by Crippen LogP contribution is -2.46. The molecule has 3 rings (SSSR count). The van der Waals surface area contributed by atoms with Crippen LogP contribution >= 0.6 is 0 Å². The fraction of sp³-hybridized carbons (Fsp3) is 0.481. The van der Waals surface area contributed by atoms with Crippen LogP contribution in [0.2, 0.25) is 0 Å². The van der Waals surface area contributed by atoms with Gasteiger partial charge < -0.3 is 18.9 Å². The molecule has 0 unspecified atom stereocenters. The number of sulfonamides is 1. The molecule has 1 fully saturated rings. The summed E-state index contributed by atoms with van der Waals surface area (Å²) in [6, 6.07) is 14.9. The van der Waals surface area contributed by atoms with Gasteiger partial charge in [0.2, 0.25) is 10.0 Å². The second-order valence-corrected chi connectivity index (χ2v) is 10.9. The van der Waals surface area contributed by atoms with Gasteiger partial charge in [0.05, 0.1) is 26.4 Å². The Balaban J connectivity index is 1.96. The van der Waals surface area contributed by atoms with Crippen LogP contribution in [0.5, 0.6) is 11.5 Å². The number of rotatable bonds is 14. The van der Waals surface area contributed by atoms with Crippen molar-refractivity contribution in [1.82, 2.24) is 4.31 Å². The molecule has 192 valence electrons. The molecule has 0 aliphatic carbocycles. The maximum atomic E-state index is 14.3. The van der Waals surface area contributed by atoms with Crippen LogP contribution in [0.25, 0.3) is 0 Å². The zero-order chi connectivity index (χ0) is 25.3. The first-order valence-corrected chi connectivity index (χ1v) is 13.4. The van der Waals surface area contributed by atoms with Gasteiger partial charge in [-0.05, 0) is 61.1 Å². The third kappa shape index (κ3) is 7.30. The average molecular weight is 504 g/mol.